The Morgan fingerprint density at radius 1 is 1.15 bits per heavy atom. The Labute approximate surface area is 155 Å². The third kappa shape index (κ3) is 9.00. The van der Waals surface area contributed by atoms with Gasteiger partial charge in [0.1, 0.15) is 11.7 Å². The van der Waals surface area contributed by atoms with E-state index in [0.29, 0.717) is 12.0 Å². The van der Waals surface area contributed by atoms with Crippen molar-refractivity contribution in [1.29, 1.82) is 0 Å². The predicted octanol–water partition coefficient (Wildman–Crippen LogP) is 2.83. The summed E-state index contributed by atoms with van der Waals surface area (Å²) >= 11 is 0. The van der Waals surface area contributed by atoms with E-state index in [-0.39, 0.29) is 24.5 Å². The second-order valence-electron chi connectivity index (χ2n) is 6.71. The van der Waals surface area contributed by atoms with Crippen LogP contribution in [0.25, 0.3) is 0 Å². The highest BCUT2D eigenvalue weighted by Gasteiger charge is 2.30. The SMILES string of the molecule is CC(C)C[C@H](CC(=O)Cc1ccc(C(F)(F)F)cc1)C(=O)NCS(=O)(=O)O. The first-order valence-electron chi connectivity index (χ1n) is 8.18. The first kappa shape index (κ1) is 23.1. The fourth-order valence-corrected chi connectivity index (χ4v) is 2.87. The molecule has 10 heteroatoms. The van der Waals surface area contributed by atoms with E-state index in [1.54, 1.807) is 0 Å². The first-order valence-corrected chi connectivity index (χ1v) is 9.79. The minimum Gasteiger partial charge on any atom is -0.340 e. The zero-order valence-electron chi connectivity index (χ0n) is 14.9. The smallest absolute Gasteiger partial charge is 0.340 e. The Morgan fingerprint density at radius 2 is 1.70 bits per heavy atom. The standard InChI is InChI=1S/C17H22F3NO5S/c1-11(2)7-13(16(23)21-10-27(24,25)26)9-15(22)8-12-3-5-14(6-4-12)17(18,19)20/h3-6,11,13H,7-10H2,1-2H3,(H,21,23)(H,24,25,26)/t13-/m1/s1. The number of halogens is 3. The zero-order valence-corrected chi connectivity index (χ0v) is 15.7. The average molecular weight is 409 g/mol. The van der Waals surface area contributed by atoms with E-state index in [9.17, 15) is 31.2 Å². The Kier molecular flexibility index (Phi) is 7.97. The van der Waals surface area contributed by atoms with E-state index in [4.69, 9.17) is 4.55 Å². The van der Waals surface area contributed by atoms with E-state index in [1.165, 1.54) is 12.1 Å². The highest BCUT2D eigenvalue weighted by molar-refractivity contribution is 7.85. The van der Waals surface area contributed by atoms with Gasteiger partial charge in [-0.05, 0) is 30.0 Å². The van der Waals surface area contributed by atoms with Crippen LogP contribution in [0.1, 0.15) is 37.8 Å². The molecule has 0 radical (unpaired) electrons. The molecule has 0 aliphatic heterocycles. The summed E-state index contributed by atoms with van der Waals surface area (Å²) in [5.74, 6) is -2.74. The number of alkyl halides is 3. The van der Waals surface area contributed by atoms with Gasteiger partial charge in [-0.25, -0.2) is 0 Å². The molecular weight excluding hydrogens is 387 g/mol. The molecule has 0 saturated carbocycles. The number of hydrogen-bond donors (Lipinski definition) is 2. The van der Waals surface area contributed by atoms with Gasteiger partial charge in [-0.1, -0.05) is 26.0 Å². The fourth-order valence-electron chi connectivity index (χ4n) is 2.55. The van der Waals surface area contributed by atoms with Gasteiger partial charge in [0.15, 0.2) is 0 Å². The zero-order chi connectivity index (χ0) is 20.8. The summed E-state index contributed by atoms with van der Waals surface area (Å²) in [4.78, 5) is 24.3. The Bertz CT molecular complexity index is 758. The minimum absolute atomic E-state index is 0.0466. The molecule has 6 nitrogen and oxygen atoms in total. The van der Waals surface area contributed by atoms with Crippen LogP contribution < -0.4 is 5.32 Å². The molecule has 1 atom stereocenters. The summed E-state index contributed by atoms with van der Waals surface area (Å²) in [6.45, 7) is 3.65. The van der Waals surface area contributed by atoms with Gasteiger partial charge in [-0.15, -0.1) is 0 Å². The lowest BCUT2D eigenvalue weighted by Gasteiger charge is -2.18. The van der Waals surface area contributed by atoms with E-state index >= 15 is 0 Å². The number of carbonyl (C=O) groups excluding carboxylic acids is 2. The number of nitrogens with one attached hydrogen (secondary N) is 1. The van der Waals surface area contributed by atoms with Gasteiger partial charge < -0.3 is 5.32 Å². The third-order valence-corrected chi connectivity index (χ3v) is 4.22. The van der Waals surface area contributed by atoms with Crippen LogP contribution in [0.3, 0.4) is 0 Å². The summed E-state index contributed by atoms with van der Waals surface area (Å²) in [7, 11) is -4.38. The molecular formula is C17H22F3NO5S. The number of carbonyl (C=O) groups is 2. The van der Waals surface area contributed by atoms with Crippen molar-refractivity contribution in [2.45, 2.75) is 39.3 Å². The highest BCUT2D eigenvalue weighted by Crippen LogP contribution is 2.29. The monoisotopic (exact) mass is 409 g/mol. The first-order chi connectivity index (χ1) is 12.3. The molecule has 2 N–H and O–H groups in total. The number of ketones is 1. The molecule has 0 spiro atoms. The largest absolute Gasteiger partial charge is 0.416 e. The molecule has 0 aliphatic rings. The highest BCUT2D eigenvalue weighted by atomic mass is 32.2. The minimum atomic E-state index is -4.46. The summed E-state index contributed by atoms with van der Waals surface area (Å²) in [6.07, 6.45) is -4.47. The number of benzene rings is 1. The molecule has 1 amide bonds. The van der Waals surface area contributed by atoms with Crippen molar-refractivity contribution < 1.29 is 35.7 Å². The summed E-state index contributed by atoms with van der Waals surface area (Å²) in [5.41, 5.74) is -0.435. The van der Waals surface area contributed by atoms with Crippen molar-refractivity contribution in [2.75, 3.05) is 5.88 Å². The summed E-state index contributed by atoms with van der Waals surface area (Å²) in [6, 6.07) is 4.17. The number of rotatable bonds is 9. The summed E-state index contributed by atoms with van der Waals surface area (Å²) in [5, 5.41) is 2.07. The van der Waals surface area contributed by atoms with Gasteiger partial charge in [-0.3, -0.25) is 14.1 Å². The van der Waals surface area contributed by atoms with Gasteiger partial charge in [0.2, 0.25) is 5.91 Å². The second-order valence-corrected chi connectivity index (χ2v) is 8.16. The maximum absolute atomic E-state index is 12.5. The van der Waals surface area contributed by atoms with Crippen LogP contribution in [0.4, 0.5) is 13.2 Å². The quantitative estimate of drug-likeness (QED) is 0.611. The molecule has 0 aliphatic carbocycles. The molecule has 0 aromatic heterocycles. The molecule has 1 rings (SSSR count). The van der Waals surface area contributed by atoms with Crippen molar-refractivity contribution in [2.24, 2.45) is 11.8 Å². The number of hydrogen-bond acceptors (Lipinski definition) is 4. The van der Waals surface area contributed by atoms with Crippen molar-refractivity contribution >= 4 is 21.8 Å². The lowest BCUT2D eigenvalue weighted by atomic mass is 9.90. The fraction of sp³-hybridized carbons (Fsp3) is 0.529. The molecule has 27 heavy (non-hydrogen) atoms. The van der Waals surface area contributed by atoms with E-state index < -0.39 is 39.6 Å². The molecule has 152 valence electrons. The van der Waals surface area contributed by atoms with Crippen LogP contribution in [0.15, 0.2) is 24.3 Å². The van der Waals surface area contributed by atoms with Gasteiger partial charge in [0.05, 0.1) is 5.56 Å². The number of Topliss-reactive ketones (excluding diaryl/α,β-unsaturated/α-hetero) is 1. The molecule has 1 aromatic rings. The Balaban J connectivity index is 2.74. The van der Waals surface area contributed by atoms with Crippen LogP contribution in [0.2, 0.25) is 0 Å². The second kappa shape index (κ2) is 9.32. The molecule has 0 unspecified atom stereocenters. The van der Waals surface area contributed by atoms with Crippen molar-refractivity contribution in [3.8, 4) is 0 Å². The molecule has 0 heterocycles. The Hall–Kier alpha value is -1.94. The van der Waals surface area contributed by atoms with Gasteiger partial charge >= 0.3 is 6.18 Å². The van der Waals surface area contributed by atoms with Crippen LogP contribution in [0.5, 0.6) is 0 Å². The normalized spacial score (nSPS) is 13.4. The van der Waals surface area contributed by atoms with E-state index in [0.717, 1.165) is 12.1 Å². The molecule has 0 fully saturated rings. The van der Waals surface area contributed by atoms with Gasteiger partial charge in [0.25, 0.3) is 10.1 Å². The van der Waals surface area contributed by atoms with Crippen molar-refractivity contribution in [3.05, 3.63) is 35.4 Å². The predicted molar refractivity (Wildman–Crippen MR) is 92.3 cm³/mol. The van der Waals surface area contributed by atoms with Gasteiger partial charge in [0, 0.05) is 18.8 Å². The molecule has 0 bridgehead atoms. The Morgan fingerprint density at radius 3 is 2.15 bits per heavy atom. The maximum Gasteiger partial charge on any atom is 0.416 e. The number of amides is 1. The average Bonchev–Trinajstić information content (AvgIpc) is 2.50. The maximum atomic E-state index is 12.5. The summed E-state index contributed by atoms with van der Waals surface area (Å²) < 4.78 is 67.8. The van der Waals surface area contributed by atoms with Crippen LogP contribution >= 0.6 is 0 Å². The van der Waals surface area contributed by atoms with E-state index in [1.807, 2.05) is 13.8 Å². The van der Waals surface area contributed by atoms with Gasteiger partial charge in [-0.2, -0.15) is 21.6 Å². The molecule has 0 saturated heterocycles. The molecule has 1 aromatic carbocycles. The third-order valence-electron chi connectivity index (χ3n) is 3.71. The van der Waals surface area contributed by atoms with Crippen molar-refractivity contribution in [1.82, 2.24) is 5.32 Å². The van der Waals surface area contributed by atoms with Crippen LogP contribution in [-0.4, -0.2) is 30.5 Å². The van der Waals surface area contributed by atoms with E-state index in [2.05, 4.69) is 5.32 Å². The van der Waals surface area contributed by atoms with Crippen LogP contribution in [0, 0.1) is 11.8 Å². The van der Waals surface area contributed by atoms with Crippen LogP contribution in [-0.2, 0) is 32.3 Å². The lowest BCUT2D eigenvalue weighted by Crippen LogP contribution is -2.36. The lowest BCUT2D eigenvalue weighted by molar-refractivity contribution is -0.137. The van der Waals surface area contributed by atoms with Crippen molar-refractivity contribution in [3.63, 3.8) is 0 Å². The topological polar surface area (TPSA) is 101 Å².